The number of anilines is 1. The molecule has 1 heterocycles. The number of aromatic nitrogens is 3. The molecule has 0 spiro atoms. The normalized spacial score (nSPS) is 12.4. The maximum Gasteiger partial charge on any atom is 0.138 e. The Morgan fingerprint density at radius 3 is 2.65 bits per heavy atom. The largest absolute Gasteiger partial charge is 0.385 e. The molecule has 1 atom stereocenters. The Labute approximate surface area is 102 Å². The minimum atomic E-state index is 0.699. The molecule has 2 rings (SSSR count). The lowest BCUT2D eigenvalue weighted by Crippen LogP contribution is -2.10. The fourth-order valence-corrected chi connectivity index (χ4v) is 1.51. The van der Waals surface area contributed by atoms with E-state index in [1.807, 2.05) is 12.1 Å². The minimum Gasteiger partial charge on any atom is -0.385 e. The first kappa shape index (κ1) is 11.6. The highest BCUT2D eigenvalue weighted by molar-refractivity contribution is 5.48. The Morgan fingerprint density at radius 2 is 2.06 bits per heavy atom. The average molecular weight is 230 g/mol. The fraction of sp³-hybridized carbons (Fsp3) is 0.385. The molecule has 0 saturated heterocycles. The van der Waals surface area contributed by atoms with E-state index in [1.165, 1.54) is 12.7 Å². The first-order valence-corrected chi connectivity index (χ1v) is 5.98. The van der Waals surface area contributed by atoms with Gasteiger partial charge in [-0.1, -0.05) is 20.3 Å². The first-order chi connectivity index (χ1) is 8.29. The Hall–Kier alpha value is -1.84. The van der Waals surface area contributed by atoms with Gasteiger partial charge in [0, 0.05) is 12.2 Å². The van der Waals surface area contributed by atoms with Gasteiger partial charge in [0.15, 0.2) is 0 Å². The predicted octanol–water partition coefficient (Wildman–Crippen LogP) is 2.73. The molecule has 90 valence electrons. The Kier molecular flexibility index (Phi) is 3.75. The maximum absolute atomic E-state index is 4.09. The lowest BCUT2D eigenvalue weighted by molar-refractivity contribution is 0.593. The SMILES string of the molecule is CCC(C)CNc1ccc(-n2cncn2)cc1. The van der Waals surface area contributed by atoms with Crippen molar-refractivity contribution in [3.05, 3.63) is 36.9 Å². The zero-order valence-electron chi connectivity index (χ0n) is 10.3. The van der Waals surface area contributed by atoms with Crippen LogP contribution in [0.5, 0.6) is 0 Å². The number of nitrogens with zero attached hydrogens (tertiary/aromatic N) is 3. The molecule has 0 radical (unpaired) electrons. The molecule has 1 unspecified atom stereocenters. The zero-order chi connectivity index (χ0) is 12.1. The van der Waals surface area contributed by atoms with Crippen molar-refractivity contribution in [1.82, 2.24) is 14.8 Å². The number of benzene rings is 1. The Bertz CT molecular complexity index is 433. The van der Waals surface area contributed by atoms with Crippen LogP contribution in [0.25, 0.3) is 5.69 Å². The van der Waals surface area contributed by atoms with Gasteiger partial charge in [-0.05, 0) is 30.2 Å². The van der Waals surface area contributed by atoms with Crippen LogP contribution in [-0.4, -0.2) is 21.3 Å². The van der Waals surface area contributed by atoms with E-state index in [-0.39, 0.29) is 0 Å². The third kappa shape index (κ3) is 3.06. The van der Waals surface area contributed by atoms with Crippen LogP contribution in [0, 0.1) is 5.92 Å². The standard InChI is InChI=1S/C13H18N4/c1-3-11(2)8-15-12-4-6-13(7-5-12)17-10-14-9-16-17/h4-7,9-11,15H,3,8H2,1-2H3. The van der Waals surface area contributed by atoms with Gasteiger partial charge in [-0.15, -0.1) is 0 Å². The third-order valence-corrected chi connectivity index (χ3v) is 2.90. The summed E-state index contributed by atoms with van der Waals surface area (Å²) in [6.07, 6.45) is 4.43. The van der Waals surface area contributed by atoms with Crippen molar-refractivity contribution in [3.8, 4) is 5.69 Å². The van der Waals surface area contributed by atoms with Crippen molar-refractivity contribution in [1.29, 1.82) is 0 Å². The zero-order valence-corrected chi connectivity index (χ0v) is 10.3. The topological polar surface area (TPSA) is 42.7 Å². The molecular weight excluding hydrogens is 212 g/mol. The van der Waals surface area contributed by atoms with Crippen LogP contribution in [-0.2, 0) is 0 Å². The van der Waals surface area contributed by atoms with E-state index >= 15 is 0 Å². The highest BCUT2D eigenvalue weighted by Gasteiger charge is 2.00. The van der Waals surface area contributed by atoms with E-state index in [2.05, 4.69) is 41.4 Å². The van der Waals surface area contributed by atoms with Gasteiger partial charge in [-0.3, -0.25) is 0 Å². The van der Waals surface area contributed by atoms with Gasteiger partial charge in [-0.25, -0.2) is 9.67 Å². The van der Waals surface area contributed by atoms with E-state index in [9.17, 15) is 0 Å². The van der Waals surface area contributed by atoms with Crippen molar-refractivity contribution in [3.63, 3.8) is 0 Å². The monoisotopic (exact) mass is 230 g/mol. The van der Waals surface area contributed by atoms with Gasteiger partial charge < -0.3 is 5.32 Å². The second-order valence-corrected chi connectivity index (χ2v) is 4.28. The number of rotatable bonds is 5. The van der Waals surface area contributed by atoms with Crippen LogP contribution >= 0.6 is 0 Å². The summed E-state index contributed by atoms with van der Waals surface area (Å²) in [6, 6.07) is 8.21. The van der Waals surface area contributed by atoms with Crippen LogP contribution in [0.15, 0.2) is 36.9 Å². The van der Waals surface area contributed by atoms with Crippen LogP contribution in [0.2, 0.25) is 0 Å². The Balaban J connectivity index is 1.99. The summed E-state index contributed by atoms with van der Waals surface area (Å²) in [7, 11) is 0. The summed E-state index contributed by atoms with van der Waals surface area (Å²) >= 11 is 0. The molecule has 17 heavy (non-hydrogen) atoms. The molecule has 0 aliphatic carbocycles. The molecule has 0 amide bonds. The summed E-state index contributed by atoms with van der Waals surface area (Å²) in [4.78, 5) is 3.93. The predicted molar refractivity (Wildman–Crippen MR) is 69.3 cm³/mol. The first-order valence-electron chi connectivity index (χ1n) is 5.98. The maximum atomic E-state index is 4.09. The highest BCUT2D eigenvalue weighted by Crippen LogP contribution is 2.13. The van der Waals surface area contributed by atoms with Crippen LogP contribution < -0.4 is 5.32 Å². The van der Waals surface area contributed by atoms with Gasteiger partial charge in [0.1, 0.15) is 12.7 Å². The molecule has 1 aromatic carbocycles. The third-order valence-electron chi connectivity index (χ3n) is 2.90. The second kappa shape index (κ2) is 5.48. The van der Waals surface area contributed by atoms with Gasteiger partial charge in [-0.2, -0.15) is 5.10 Å². The summed E-state index contributed by atoms with van der Waals surface area (Å²) in [5.74, 6) is 0.699. The average Bonchev–Trinajstić information content (AvgIpc) is 2.90. The van der Waals surface area contributed by atoms with Crippen molar-refractivity contribution < 1.29 is 0 Å². The molecule has 0 saturated carbocycles. The van der Waals surface area contributed by atoms with Crippen LogP contribution in [0.1, 0.15) is 20.3 Å². The lowest BCUT2D eigenvalue weighted by Gasteiger charge is -2.11. The number of nitrogens with one attached hydrogen (secondary N) is 1. The molecule has 1 aromatic heterocycles. The molecule has 0 aliphatic heterocycles. The van der Waals surface area contributed by atoms with Gasteiger partial charge in [0.2, 0.25) is 0 Å². The molecule has 0 fully saturated rings. The molecular formula is C13H18N4. The van der Waals surface area contributed by atoms with Gasteiger partial charge >= 0.3 is 0 Å². The van der Waals surface area contributed by atoms with Crippen molar-refractivity contribution in [2.24, 2.45) is 5.92 Å². The number of hydrogen-bond donors (Lipinski definition) is 1. The lowest BCUT2D eigenvalue weighted by atomic mass is 10.1. The summed E-state index contributed by atoms with van der Waals surface area (Å²) in [5, 5.41) is 7.51. The molecule has 1 N–H and O–H groups in total. The highest BCUT2D eigenvalue weighted by atomic mass is 15.3. The molecule has 2 aromatic rings. The van der Waals surface area contributed by atoms with E-state index in [4.69, 9.17) is 0 Å². The smallest absolute Gasteiger partial charge is 0.138 e. The Morgan fingerprint density at radius 1 is 1.29 bits per heavy atom. The van der Waals surface area contributed by atoms with Crippen molar-refractivity contribution >= 4 is 5.69 Å². The fourth-order valence-electron chi connectivity index (χ4n) is 1.51. The minimum absolute atomic E-state index is 0.699. The van der Waals surface area contributed by atoms with E-state index in [0.717, 1.165) is 17.9 Å². The van der Waals surface area contributed by atoms with E-state index in [1.54, 1.807) is 11.0 Å². The van der Waals surface area contributed by atoms with Gasteiger partial charge in [0.25, 0.3) is 0 Å². The quantitative estimate of drug-likeness (QED) is 0.858. The molecule has 4 nitrogen and oxygen atoms in total. The van der Waals surface area contributed by atoms with Crippen molar-refractivity contribution in [2.45, 2.75) is 20.3 Å². The van der Waals surface area contributed by atoms with E-state index < -0.39 is 0 Å². The molecule has 0 bridgehead atoms. The summed E-state index contributed by atoms with van der Waals surface area (Å²) < 4.78 is 1.75. The molecule has 0 aliphatic rings. The summed E-state index contributed by atoms with van der Waals surface area (Å²) in [6.45, 7) is 5.47. The van der Waals surface area contributed by atoms with Crippen LogP contribution in [0.3, 0.4) is 0 Å². The molecule has 4 heteroatoms. The van der Waals surface area contributed by atoms with Crippen molar-refractivity contribution in [2.75, 3.05) is 11.9 Å². The summed E-state index contributed by atoms with van der Waals surface area (Å²) in [5.41, 5.74) is 2.17. The number of hydrogen-bond acceptors (Lipinski definition) is 3. The van der Waals surface area contributed by atoms with Crippen LogP contribution in [0.4, 0.5) is 5.69 Å². The second-order valence-electron chi connectivity index (χ2n) is 4.28. The van der Waals surface area contributed by atoms with E-state index in [0.29, 0.717) is 5.92 Å². The van der Waals surface area contributed by atoms with Gasteiger partial charge in [0.05, 0.1) is 5.69 Å².